The van der Waals surface area contributed by atoms with Gasteiger partial charge in [0, 0.05) is 17.5 Å². The number of piperidine rings is 1. The number of hydrogen-bond donors (Lipinski definition) is 0. The van der Waals surface area contributed by atoms with Crippen molar-refractivity contribution in [2.75, 3.05) is 6.54 Å². The molecule has 3 heterocycles. The Labute approximate surface area is 83.4 Å². The highest BCUT2D eigenvalue weighted by Crippen LogP contribution is 2.31. The SMILES string of the molecule is c1cc2c(s1)C[C@@H]1CCCCN1C2. The lowest BCUT2D eigenvalue weighted by Gasteiger charge is -2.39. The van der Waals surface area contributed by atoms with Gasteiger partial charge in [0.05, 0.1) is 0 Å². The van der Waals surface area contributed by atoms with Gasteiger partial charge < -0.3 is 0 Å². The van der Waals surface area contributed by atoms with Gasteiger partial charge in [-0.1, -0.05) is 6.42 Å². The molecule has 1 nitrogen and oxygen atoms in total. The van der Waals surface area contributed by atoms with Crippen molar-refractivity contribution in [1.29, 1.82) is 0 Å². The average molecular weight is 193 g/mol. The summed E-state index contributed by atoms with van der Waals surface area (Å²) in [6.45, 7) is 2.56. The van der Waals surface area contributed by atoms with Gasteiger partial charge in [-0.05, 0) is 42.8 Å². The van der Waals surface area contributed by atoms with Crippen LogP contribution in [0.3, 0.4) is 0 Å². The molecule has 0 aliphatic carbocycles. The Kier molecular flexibility index (Phi) is 1.91. The maximum atomic E-state index is 2.68. The third-order valence-electron chi connectivity index (χ3n) is 3.38. The molecule has 1 fully saturated rings. The van der Waals surface area contributed by atoms with Crippen molar-refractivity contribution >= 4 is 11.3 Å². The molecule has 0 N–H and O–H groups in total. The van der Waals surface area contributed by atoms with E-state index in [2.05, 4.69) is 16.3 Å². The number of thiophene rings is 1. The number of hydrogen-bond acceptors (Lipinski definition) is 2. The topological polar surface area (TPSA) is 3.24 Å². The molecule has 1 aromatic heterocycles. The van der Waals surface area contributed by atoms with Crippen molar-refractivity contribution in [1.82, 2.24) is 4.90 Å². The second kappa shape index (κ2) is 3.10. The molecule has 1 aromatic rings. The van der Waals surface area contributed by atoms with Gasteiger partial charge in [0.1, 0.15) is 0 Å². The third kappa shape index (κ3) is 1.32. The van der Waals surface area contributed by atoms with Crippen LogP contribution in [-0.2, 0) is 13.0 Å². The Morgan fingerprint density at radius 1 is 1.38 bits per heavy atom. The van der Waals surface area contributed by atoms with Crippen molar-refractivity contribution in [3.05, 3.63) is 21.9 Å². The lowest BCUT2D eigenvalue weighted by molar-refractivity contribution is 0.129. The quantitative estimate of drug-likeness (QED) is 0.612. The molecule has 1 atom stereocenters. The van der Waals surface area contributed by atoms with Crippen LogP contribution < -0.4 is 0 Å². The molecule has 0 radical (unpaired) electrons. The first-order valence-corrected chi connectivity index (χ1v) is 6.11. The normalized spacial score (nSPS) is 28.2. The highest BCUT2D eigenvalue weighted by atomic mass is 32.1. The number of fused-ring (bicyclic) bond motifs is 2. The summed E-state index contributed by atoms with van der Waals surface area (Å²) in [6.07, 6.45) is 5.61. The van der Waals surface area contributed by atoms with Gasteiger partial charge >= 0.3 is 0 Å². The van der Waals surface area contributed by atoms with E-state index in [0.717, 1.165) is 6.04 Å². The van der Waals surface area contributed by atoms with E-state index in [1.165, 1.54) is 38.8 Å². The summed E-state index contributed by atoms with van der Waals surface area (Å²) in [7, 11) is 0. The van der Waals surface area contributed by atoms with Crippen molar-refractivity contribution in [2.45, 2.75) is 38.3 Å². The van der Waals surface area contributed by atoms with E-state index >= 15 is 0 Å². The predicted molar refractivity (Wildman–Crippen MR) is 56.1 cm³/mol. The van der Waals surface area contributed by atoms with Crippen LogP contribution >= 0.6 is 11.3 Å². The molecule has 0 spiro atoms. The number of rotatable bonds is 0. The van der Waals surface area contributed by atoms with E-state index in [9.17, 15) is 0 Å². The van der Waals surface area contributed by atoms with Crippen LogP contribution in [-0.4, -0.2) is 17.5 Å². The van der Waals surface area contributed by atoms with Crippen molar-refractivity contribution < 1.29 is 0 Å². The van der Waals surface area contributed by atoms with Crippen molar-refractivity contribution in [2.24, 2.45) is 0 Å². The van der Waals surface area contributed by atoms with Crippen molar-refractivity contribution in [3.8, 4) is 0 Å². The largest absolute Gasteiger partial charge is 0.296 e. The monoisotopic (exact) mass is 193 g/mol. The molecule has 2 aliphatic rings. The maximum absolute atomic E-state index is 2.68. The zero-order valence-corrected chi connectivity index (χ0v) is 8.65. The van der Waals surface area contributed by atoms with E-state index in [1.54, 1.807) is 10.4 Å². The fourth-order valence-electron chi connectivity index (χ4n) is 2.62. The van der Waals surface area contributed by atoms with Gasteiger partial charge in [-0.3, -0.25) is 4.90 Å². The standard InChI is InChI=1S/C11H15NS/c1-2-5-12-8-9-4-6-13-11(9)7-10(12)3-1/h4,6,10H,1-3,5,7-8H2/t10-/m0/s1. The Balaban J connectivity index is 1.89. The van der Waals surface area contributed by atoms with Crippen LogP contribution in [0.5, 0.6) is 0 Å². The van der Waals surface area contributed by atoms with Crippen molar-refractivity contribution in [3.63, 3.8) is 0 Å². The predicted octanol–water partition coefficient (Wildman–Crippen LogP) is 2.66. The van der Waals surface area contributed by atoms with Crippen LogP contribution in [0.15, 0.2) is 11.4 Å². The van der Waals surface area contributed by atoms with Gasteiger partial charge in [0.15, 0.2) is 0 Å². The summed E-state index contributed by atoms with van der Waals surface area (Å²) in [5.74, 6) is 0. The first kappa shape index (κ1) is 8.01. The Morgan fingerprint density at radius 3 is 3.38 bits per heavy atom. The molecule has 2 aliphatic heterocycles. The van der Waals surface area contributed by atoms with Gasteiger partial charge in [-0.15, -0.1) is 11.3 Å². The molecule has 70 valence electrons. The zero-order valence-electron chi connectivity index (χ0n) is 7.83. The third-order valence-corrected chi connectivity index (χ3v) is 4.37. The van der Waals surface area contributed by atoms with Gasteiger partial charge in [0.25, 0.3) is 0 Å². The molecule has 0 saturated carbocycles. The smallest absolute Gasteiger partial charge is 0.0247 e. The first-order chi connectivity index (χ1) is 6.43. The molecule has 0 aromatic carbocycles. The fraction of sp³-hybridized carbons (Fsp3) is 0.636. The molecular formula is C11H15NS. The summed E-state index contributed by atoms with van der Waals surface area (Å²) in [5.41, 5.74) is 1.60. The zero-order chi connectivity index (χ0) is 8.67. The lowest BCUT2D eigenvalue weighted by Crippen LogP contribution is -2.42. The minimum absolute atomic E-state index is 0.875. The van der Waals surface area contributed by atoms with E-state index in [0.29, 0.717) is 0 Å². The summed E-state index contributed by atoms with van der Waals surface area (Å²) < 4.78 is 0. The Bertz CT molecular complexity index is 276. The summed E-state index contributed by atoms with van der Waals surface area (Å²) in [5, 5.41) is 2.25. The minimum Gasteiger partial charge on any atom is -0.296 e. The van der Waals surface area contributed by atoms with Crippen LogP contribution in [0.2, 0.25) is 0 Å². The van der Waals surface area contributed by atoms with E-state index in [4.69, 9.17) is 0 Å². The van der Waals surface area contributed by atoms with Crippen LogP contribution in [0.25, 0.3) is 0 Å². The van der Waals surface area contributed by atoms with E-state index in [1.807, 2.05) is 11.3 Å². The van der Waals surface area contributed by atoms with Gasteiger partial charge in [-0.2, -0.15) is 0 Å². The van der Waals surface area contributed by atoms with Crippen LogP contribution in [0, 0.1) is 0 Å². The molecule has 0 bridgehead atoms. The molecular weight excluding hydrogens is 178 g/mol. The molecule has 13 heavy (non-hydrogen) atoms. The van der Waals surface area contributed by atoms with E-state index in [-0.39, 0.29) is 0 Å². The maximum Gasteiger partial charge on any atom is 0.0247 e. The summed E-state index contributed by atoms with van der Waals surface area (Å²) in [6, 6.07) is 3.19. The van der Waals surface area contributed by atoms with Crippen LogP contribution in [0.1, 0.15) is 29.7 Å². The second-order valence-corrected chi connectivity index (χ2v) is 5.19. The Hall–Kier alpha value is -0.340. The van der Waals surface area contributed by atoms with Crippen LogP contribution in [0.4, 0.5) is 0 Å². The van der Waals surface area contributed by atoms with Gasteiger partial charge in [-0.25, -0.2) is 0 Å². The highest BCUT2D eigenvalue weighted by Gasteiger charge is 2.28. The Morgan fingerprint density at radius 2 is 2.38 bits per heavy atom. The molecule has 0 unspecified atom stereocenters. The molecule has 3 rings (SSSR count). The van der Waals surface area contributed by atoms with E-state index < -0.39 is 0 Å². The summed E-state index contributed by atoms with van der Waals surface area (Å²) in [4.78, 5) is 4.33. The fourth-order valence-corrected chi connectivity index (χ4v) is 3.59. The highest BCUT2D eigenvalue weighted by molar-refractivity contribution is 7.10. The number of nitrogens with zero attached hydrogens (tertiary/aromatic N) is 1. The second-order valence-electron chi connectivity index (χ2n) is 4.19. The lowest BCUT2D eigenvalue weighted by atomic mass is 9.93. The minimum atomic E-state index is 0.875. The molecule has 0 amide bonds. The molecule has 1 saturated heterocycles. The first-order valence-electron chi connectivity index (χ1n) is 5.23. The molecule has 2 heteroatoms. The average Bonchev–Trinajstić information content (AvgIpc) is 2.61. The summed E-state index contributed by atoms with van der Waals surface area (Å²) >= 11 is 1.95. The van der Waals surface area contributed by atoms with Gasteiger partial charge in [0.2, 0.25) is 0 Å².